The molecule has 0 atom stereocenters. The summed E-state index contributed by atoms with van der Waals surface area (Å²) in [6, 6.07) is 10.8. The largest absolute Gasteiger partial charge is 0.481 e. The lowest BCUT2D eigenvalue weighted by molar-refractivity contribution is 0.0950. The zero-order valence-corrected chi connectivity index (χ0v) is 21.4. The molecule has 1 heterocycles. The highest BCUT2D eigenvalue weighted by molar-refractivity contribution is 7.90. The molecule has 0 bridgehead atoms. The Labute approximate surface area is 208 Å². The third kappa shape index (κ3) is 6.00. The Morgan fingerprint density at radius 3 is 2.38 bits per heavy atom. The van der Waals surface area contributed by atoms with Crippen LogP contribution < -0.4 is 14.8 Å². The fraction of sp³-hybridized carbons (Fsp3) is 0.250. The molecule has 7 nitrogen and oxygen atoms in total. The van der Waals surface area contributed by atoms with Crippen molar-refractivity contribution in [1.29, 1.82) is 0 Å². The molecule has 0 saturated heterocycles. The number of ether oxygens (including phenoxy) is 2. The summed E-state index contributed by atoms with van der Waals surface area (Å²) in [7, 11) is -1.78. The minimum absolute atomic E-state index is 0.108. The zero-order valence-electron chi connectivity index (χ0n) is 19.1. The van der Waals surface area contributed by atoms with E-state index in [2.05, 4.69) is 10.3 Å². The van der Waals surface area contributed by atoms with Gasteiger partial charge in [-0.15, -0.1) is 0 Å². The predicted octanol–water partition coefficient (Wildman–Crippen LogP) is 5.65. The fourth-order valence-corrected chi connectivity index (χ4v) is 4.29. The van der Waals surface area contributed by atoms with Crippen LogP contribution in [-0.4, -0.2) is 32.7 Å². The predicted molar refractivity (Wildman–Crippen MR) is 132 cm³/mol. The Bertz CT molecular complexity index is 1310. The topological polar surface area (TPSA) is 94.6 Å². The summed E-state index contributed by atoms with van der Waals surface area (Å²) in [5, 5.41) is 3.32. The van der Waals surface area contributed by atoms with Gasteiger partial charge in [-0.05, 0) is 47.9 Å². The van der Waals surface area contributed by atoms with E-state index in [4.69, 9.17) is 32.7 Å². The second-order valence-electron chi connectivity index (χ2n) is 7.86. The van der Waals surface area contributed by atoms with Crippen molar-refractivity contribution in [2.45, 2.75) is 31.2 Å². The molecule has 1 aromatic heterocycles. The van der Waals surface area contributed by atoms with Crippen LogP contribution in [-0.2, 0) is 16.4 Å². The van der Waals surface area contributed by atoms with E-state index in [-0.39, 0.29) is 34.0 Å². The van der Waals surface area contributed by atoms with Crippen LogP contribution in [0, 0.1) is 0 Å². The van der Waals surface area contributed by atoms with Gasteiger partial charge in [0.1, 0.15) is 5.75 Å². The number of nitrogens with one attached hydrogen (secondary N) is 1. The highest BCUT2D eigenvalue weighted by Crippen LogP contribution is 2.39. The van der Waals surface area contributed by atoms with Gasteiger partial charge in [0.05, 0.1) is 28.2 Å². The average Bonchev–Trinajstić information content (AvgIpc) is 2.80. The Kier molecular flexibility index (Phi) is 8.07. The molecule has 3 rings (SSSR count). The fourth-order valence-electron chi connectivity index (χ4n) is 3.14. The van der Waals surface area contributed by atoms with Crippen LogP contribution in [0.3, 0.4) is 0 Å². The molecule has 34 heavy (non-hydrogen) atoms. The first-order chi connectivity index (χ1) is 16.0. The van der Waals surface area contributed by atoms with E-state index in [9.17, 15) is 13.2 Å². The first-order valence-electron chi connectivity index (χ1n) is 10.3. The van der Waals surface area contributed by atoms with Gasteiger partial charge in [0.2, 0.25) is 5.88 Å². The Morgan fingerprint density at radius 1 is 1.12 bits per heavy atom. The van der Waals surface area contributed by atoms with E-state index in [1.807, 2.05) is 19.9 Å². The second kappa shape index (κ2) is 10.6. The number of carbonyl (C=O) groups is 1. The number of hydrogen-bond donors (Lipinski definition) is 1. The van der Waals surface area contributed by atoms with Crippen molar-refractivity contribution in [2.75, 3.05) is 13.4 Å². The molecule has 3 aromatic rings. The van der Waals surface area contributed by atoms with Gasteiger partial charge >= 0.3 is 0 Å². The van der Waals surface area contributed by atoms with Gasteiger partial charge in [0, 0.05) is 23.9 Å². The molecule has 1 amide bonds. The van der Waals surface area contributed by atoms with E-state index in [0.29, 0.717) is 27.8 Å². The van der Waals surface area contributed by atoms with E-state index >= 15 is 0 Å². The number of rotatable bonds is 8. The highest BCUT2D eigenvalue weighted by atomic mass is 35.5. The van der Waals surface area contributed by atoms with Gasteiger partial charge in [-0.3, -0.25) is 4.79 Å². The van der Waals surface area contributed by atoms with Crippen LogP contribution in [0.15, 0.2) is 53.6 Å². The van der Waals surface area contributed by atoms with E-state index in [0.717, 1.165) is 11.8 Å². The van der Waals surface area contributed by atoms with Crippen LogP contribution in [0.2, 0.25) is 10.0 Å². The van der Waals surface area contributed by atoms with Crippen molar-refractivity contribution >= 4 is 38.9 Å². The third-order valence-electron chi connectivity index (χ3n) is 5.00. The lowest BCUT2D eigenvalue weighted by atomic mass is 10.1. The lowest BCUT2D eigenvalue weighted by Gasteiger charge is -2.16. The molecule has 0 aliphatic carbocycles. The molecule has 1 N–H and O–H groups in total. The summed E-state index contributed by atoms with van der Waals surface area (Å²) in [5.41, 5.74) is 1.78. The number of methoxy groups -OCH3 is 1. The molecule has 0 radical (unpaired) electrons. The van der Waals surface area contributed by atoms with Gasteiger partial charge in [0.25, 0.3) is 5.91 Å². The van der Waals surface area contributed by atoms with Crippen molar-refractivity contribution < 1.29 is 22.7 Å². The standard InChI is InChI=1S/C24H24Cl2N2O5S/c1-14(2)19-11-17(13-28-24(19)32-3)33-22-20(25)10-7-16(21(22)26)12-27-23(29)15-5-8-18(9-6-15)34(4,30)31/h5-11,13-14H,12H2,1-4H3,(H,27,29). The van der Waals surface area contributed by atoms with Crippen molar-refractivity contribution in [2.24, 2.45) is 0 Å². The molecule has 0 saturated carbocycles. The number of sulfone groups is 1. The molecule has 0 aliphatic rings. The summed E-state index contributed by atoms with van der Waals surface area (Å²) < 4.78 is 34.4. The lowest BCUT2D eigenvalue weighted by Crippen LogP contribution is -2.23. The van der Waals surface area contributed by atoms with Crippen molar-refractivity contribution in [3.8, 4) is 17.4 Å². The Balaban J connectivity index is 1.78. The summed E-state index contributed by atoms with van der Waals surface area (Å²) in [5.74, 6) is 0.981. The maximum Gasteiger partial charge on any atom is 0.251 e. The number of aromatic nitrogens is 1. The smallest absolute Gasteiger partial charge is 0.251 e. The summed E-state index contributed by atoms with van der Waals surface area (Å²) in [4.78, 5) is 16.9. The molecule has 0 aliphatic heterocycles. The summed E-state index contributed by atoms with van der Waals surface area (Å²) in [6.45, 7) is 4.14. The van der Waals surface area contributed by atoms with Crippen LogP contribution >= 0.6 is 23.2 Å². The van der Waals surface area contributed by atoms with Gasteiger partial charge in [0.15, 0.2) is 15.6 Å². The van der Waals surface area contributed by atoms with Gasteiger partial charge in [-0.1, -0.05) is 43.1 Å². The van der Waals surface area contributed by atoms with Gasteiger partial charge < -0.3 is 14.8 Å². The Hall–Kier alpha value is -2.81. The molecule has 2 aromatic carbocycles. The van der Waals surface area contributed by atoms with Gasteiger partial charge in [-0.2, -0.15) is 0 Å². The number of benzene rings is 2. The molecule has 0 unspecified atom stereocenters. The first-order valence-corrected chi connectivity index (χ1v) is 12.9. The summed E-state index contributed by atoms with van der Waals surface area (Å²) in [6.07, 6.45) is 2.63. The SMILES string of the molecule is COc1ncc(Oc2c(Cl)ccc(CNC(=O)c3ccc(S(C)(=O)=O)cc3)c2Cl)cc1C(C)C. The van der Waals surface area contributed by atoms with Crippen molar-refractivity contribution in [1.82, 2.24) is 10.3 Å². The Morgan fingerprint density at radius 2 is 1.79 bits per heavy atom. The molecular formula is C24H24Cl2N2O5S. The number of pyridine rings is 1. The normalized spacial score (nSPS) is 11.4. The maximum absolute atomic E-state index is 12.5. The van der Waals surface area contributed by atoms with Crippen molar-refractivity contribution in [3.63, 3.8) is 0 Å². The average molecular weight is 523 g/mol. The minimum Gasteiger partial charge on any atom is -0.481 e. The van der Waals surface area contributed by atoms with Crippen LogP contribution in [0.1, 0.15) is 41.3 Å². The zero-order chi connectivity index (χ0) is 25.0. The maximum atomic E-state index is 12.5. The number of amides is 1. The second-order valence-corrected chi connectivity index (χ2v) is 10.7. The number of hydrogen-bond acceptors (Lipinski definition) is 6. The molecule has 10 heteroatoms. The molecular weight excluding hydrogens is 499 g/mol. The van der Waals surface area contributed by atoms with Crippen LogP contribution in [0.5, 0.6) is 17.4 Å². The van der Waals surface area contributed by atoms with Crippen LogP contribution in [0.4, 0.5) is 0 Å². The monoisotopic (exact) mass is 522 g/mol. The first kappa shape index (κ1) is 25.8. The quantitative estimate of drug-likeness (QED) is 0.410. The number of carbonyl (C=O) groups excluding carboxylic acids is 1. The van der Waals surface area contributed by atoms with E-state index in [1.54, 1.807) is 19.2 Å². The third-order valence-corrected chi connectivity index (χ3v) is 6.84. The van der Waals surface area contributed by atoms with Crippen LogP contribution in [0.25, 0.3) is 0 Å². The van der Waals surface area contributed by atoms with Crippen molar-refractivity contribution in [3.05, 3.63) is 75.4 Å². The molecule has 180 valence electrons. The highest BCUT2D eigenvalue weighted by Gasteiger charge is 2.17. The molecule has 0 spiro atoms. The molecule has 0 fully saturated rings. The number of nitrogens with zero attached hydrogens (tertiary/aromatic N) is 1. The van der Waals surface area contributed by atoms with Gasteiger partial charge in [-0.25, -0.2) is 13.4 Å². The van der Waals surface area contributed by atoms with E-state index < -0.39 is 9.84 Å². The summed E-state index contributed by atoms with van der Waals surface area (Å²) >= 11 is 12.9. The minimum atomic E-state index is -3.34. The number of halogens is 2. The van der Waals surface area contributed by atoms with E-state index in [1.165, 1.54) is 30.5 Å².